The first-order valence-electron chi connectivity index (χ1n) is 52.7. The fourth-order valence-electron chi connectivity index (χ4n) is 24.6. The van der Waals surface area contributed by atoms with Crippen LogP contribution in [-0.4, -0.2) is 226 Å². The zero-order valence-corrected chi connectivity index (χ0v) is 92.0. The quantitative estimate of drug-likeness (QED) is 0.0161. The van der Waals surface area contributed by atoms with E-state index in [1.807, 2.05) is 111 Å². The minimum absolute atomic E-state index is 0.000484. The van der Waals surface area contributed by atoms with Crippen molar-refractivity contribution in [2.75, 3.05) is 0 Å². The number of hydrogen-bond acceptors (Lipinski definition) is 28. The van der Waals surface area contributed by atoms with E-state index in [-0.39, 0.29) is 148 Å². The average molecular weight is 1930 g/mol. The number of nitrogens with zero attached hydrogens (tertiary/aromatic N) is 4. The summed E-state index contributed by atoms with van der Waals surface area (Å²) in [5, 5.41) is 61.5. The fourth-order valence-corrected chi connectivity index (χ4v) is 24.6. The van der Waals surface area contributed by atoms with Crippen molar-refractivity contribution in [3.05, 3.63) is 0 Å². The molecule has 8 fully saturated rings. The van der Waals surface area contributed by atoms with Crippen LogP contribution in [0.25, 0.3) is 0 Å². The lowest BCUT2D eigenvalue weighted by atomic mass is 9.80. The second kappa shape index (κ2) is 50.2. The third-order valence-electron chi connectivity index (χ3n) is 28.7. The van der Waals surface area contributed by atoms with E-state index in [2.05, 4.69) is 139 Å². The number of hydrogen-bond donors (Lipinski definition) is 8. The molecule has 0 aliphatic carbocycles. The maximum atomic E-state index is 12.9. The smallest absolute Gasteiger partial charge is 0.309 e. The summed E-state index contributed by atoms with van der Waals surface area (Å²) in [5.41, 5.74) is -3.88. The number of esters is 8. The van der Waals surface area contributed by atoms with Gasteiger partial charge < -0.3 is 80.0 Å². The second-order valence-corrected chi connectivity index (χ2v) is 52.6. The molecule has 28 heteroatoms. The molecule has 0 aromatic rings. The van der Waals surface area contributed by atoms with E-state index >= 15 is 0 Å². The van der Waals surface area contributed by atoms with Gasteiger partial charge in [0, 0.05) is 223 Å². The van der Waals surface area contributed by atoms with Gasteiger partial charge in [-0.25, -0.2) is 0 Å². The summed E-state index contributed by atoms with van der Waals surface area (Å²) in [6.45, 7) is 67.9. The molecule has 0 spiro atoms. The third kappa shape index (κ3) is 43.1. The van der Waals surface area contributed by atoms with E-state index in [0.29, 0.717) is 83.5 Å². The van der Waals surface area contributed by atoms with Gasteiger partial charge in [0.1, 0.15) is 48.8 Å². The number of rotatable bonds is 39. The number of ether oxygens (including phenoxy) is 8. The van der Waals surface area contributed by atoms with Crippen LogP contribution in [0.1, 0.15) is 498 Å². The second-order valence-electron chi connectivity index (χ2n) is 52.6. The summed E-state index contributed by atoms with van der Waals surface area (Å²) < 4.78 is 46.1. The molecular formula is C108H200N8O20. The van der Waals surface area contributed by atoms with Gasteiger partial charge >= 0.3 is 47.8 Å². The van der Waals surface area contributed by atoms with E-state index in [1.54, 1.807) is 0 Å². The normalized spacial score (nSPS) is 24.7. The monoisotopic (exact) mass is 1930 g/mol. The Morgan fingerprint density at radius 1 is 0.221 bits per heavy atom. The lowest BCUT2D eigenvalue weighted by molar-refractivity contribution is -0.260. The van der Waals surface area contributed by atoms with Crippen molar-refractivity contribution in [1.82, 2.24) is 41.5 Å². The highest BCUT2D eigenvalue weighted by Gasteiger charge is 2.52. The van der Waals surface area contributed by atoms with Gasteiger partial charge in [0.2, 0.25) is 0 Å². The highest BCUT2D eigenvalue weighted by molar-refractivity contribution is 5.78. The maximum absolute atomic E-state index is 12.9. The minimum atomic E-state index is -0.507. The van der Waals surface area contributed by atoms with Gasteiger partial charge in [-0.2, -0.15) is 20.3 Å². The van der Waals surface area contributed by atoms with Gasteiger partial charge in [0.25, 0.3) is 0 Å². The molecule has 8 aliphatic rings. The molecule has 792 valence electrons. The molecule has 136 heavy (non-hydrogen) atoms. The summed E-state index contributed by atoms with van der Waals surface area (Å²) in [6, 6.07) is 0. The average Bonchev–Trinajstić information content (AvgIpc) is 0.771. The first-order valence-corrected chi connectivity index (χ1v) is 52.7. The summed E-state index contributed by atoms with van der Waals surface area (Å²) in [6.07, 6.45) is 31.1. The zero-order chi connectivity index (χ0) is 103. The van der Waals surface area contributed by atoms with E-state index in [4.69, 9.17) is 37.9 Å². The Kier molecular flexibility index (Phi) is 44.9. The molecule has 1 atom stereocenters. The summed E-state index contributed by atoms with van der Waals surface area (Å²) >= 11 is 0. The van der Waals surface area contributed by atoms with E-state index < -0.39 is 56.3 Å². The van der Waals surface area contributed by atoms with Gasteiger partial charge in [-0.3, -0.25) is 38.4 Å². The molecule has 0 saturated carbocycles. The molecule has 0 amide bonds. The van der Waals surface area contributed by atoms with Gasteiger partial charge in [-0.1, -0.05) is 84.0 Å². The zero-order valence-electron chi connectivity index (χ0n) is 92.0. The van der Waals surface area contributed by atoms with Crippen LogP contribution < -0.4 is 21.3 Å². The molecule has 0 aromatic carbocycles. The van der Waals surface area contributed by atoms with E-state index in [9.17, 15) is 59.2 Å². The molecule has 0 aromatic heterocycles. The first kappa shape index (κ1) is 122. The SMILES string of the molecule is CC1(C)CC(OC(=O)CCC(=O)OC2CC(C)(C)N(O)C(C)(C)C2)CC(C)(C)N1O.CC1(C)CC(OC(=O)CCCCCCCCC(=O)OC2CC(C)(C)N(O)C(C)(C)C2)CC(C)(C)N1O.CC1(C)CC(OC(=O)CCCCCCCCC(=O)OC2CC(C)(C)NC(C)(C)C2)CC(C)(C)N1.CCC(CCCCCCCC(=O)OC1CC(C)(C)NC(C)(C)C1)C(=O)OC1CC(C)(C)NC(C)(C)C1. The minimum Gasteiger partial charge on any atom is -0.462 e. The number of carbonyl (C=O) groups excluding carboxylic acids is 8. The Morgan fingerprint density at radius 3 is 0.529 bits per heavy atom. The third-order valence-corrected chi connectivity index (χ3v) is 28.7. The van der Waals surface area contributed by atoms with Crippen molar-refractivity contribution in [3.8, 4) is 0 Å². The highest BCUT2D eigenvalue weighted by Crippen LogP contribution is 2.44. The topological polar surface area (TPSA) is 352 Å². The van der Waals surface area contributed by atoms with Crippen molar-refractivity contribution in [2.24, 2.45) is 5.92 Å². The van der Waals surface area contributed by atoms with Crippen LogP contribution in [0.3, 0.4) is 0 Å². The Balaban J connectivity index is 0.000000321. The van der Waals surface area contributed by atoms with Gasteiger partial charge in [-0.05, 0) is 267 Å². The van der Waals surface area contributed by atoms with Gasteiger partial charge in [0.05, 0.1) is 18.8 Å². The molecule has 8 heterocycles. The molecule has 8 N–H and O–H groups in total. The van der Waals surface area contributed by atoms with Crippen molar-refractivity contribution in [1.29, 1.82) is 0 Å². The predicted octanol–water partition coefficient (Wildman–Crippen LogP) is 21.9. The molecular weight excluding hydrogens is 1730 g/mol. The number of unbranched alkanes of at least 4 members (excludes halogenated alkanes) is 14. The molecule has 0 bridgehead atoms. The summed E-state index contributed by atoms with van der Waals surface area (Å²) in [5.74, 6) is -1.40. The molecule has 8 rings (SSSR count). The summed E-state index contributed by atoms with van der Waals surface area (Å²) in [7, 11) is 0. The number of piperidine rings is 8. The molecule has 1 unspecified atom stereocenters. The highest BCUT2D eigenvalue weighted by atomic mass is 16.6. The molecule has 8 saturated heterocycles. The van der Waals surface area contributed by atoms with Crippen LogP contribution in [0.2, 0.25) is 0 Å². The van der Waals surface area contributed by atoms with E-state index in [1.165, 1.54) is 20.3 Å². The Bertz CT molecular complexity index is 3460. The first-order chi connectivity index (χ1) is 62.0. The Hall–Kier alpha value is -4.72. The lowest BCUT2D eigenvalue weighted by Crippen LogP contribution is -2.60. The van der Waals surface area contributed by atoms with Crippen LogP contribution in [0.5, 0.6) is 0 Å². The summed E-state index contributed by atoms with van der Waals surface area (Å²) in [4.78, 5) is 99.1. The lowest BCUT2D eigenvalue weighted by Gasteiger charge is -2.51. The van der Waals surface area contributed by atoms with Crippen LogP contribution >= 0.6 is 0 Å². The fraction of sp³-hybridized carbons (Fsp3) is 0.926. The van der Waals surface area contributed by atoms with E-state index in [0.717, 1.165) is 173 Å². The molecule has 0 radical (unpaired) electrons. The van der Waals surface area contributed by atoms with Crippen LogP contribution in [-0.2, 0) is 76.3 Å². The van der Waals surface area contributed by atoms with Crippen LogP contribution in [0, 0.1) is 5.92 Å². The Labute approximate surface area is 823 Å². The maximum Gasteiger partial charge on any atom is 0.309 e. The Morgan fingerprint density at radius 2 is 0.360 bits per heavy atom. The van der Waals surface area contributed by atoms with Gasteiger partial charge in [-0.15, -0.1) is 0 Å². The predicted molar refractivity (Wildman–Crippen MR) is 534 cm³/mol. The van der Waals surface area contributed by atoms with Crippen LogP contribution in [0.4, 0.5) is 0 Å². The molecule has 8 aliphatic heterocycles. The van der Waals surface area contributed by atoms with Crippen molar-refractivity contribution in [2.45, 2.75) is 636 Å². The molecule has 28 nitrogen and oxygen atoms in total. The standard InChI is InChI=1S/C30H56N2O4.C28H52N2O6.C28H52N2O4.C22H40N2O6/c1-10-22(26(34)36-24-20-29(6,7)32-30(8,9)21-24)16-14-12-11-13-15-17-25(33)35-23-18-27(2,3)31-28(4,5)19-23;1-25(2)17-21(18-26(3,4)29(25)33)35-23(31)15-13-11-9-10-12-14-16-24(32)36-22-19-27(5,6)30(34)28(7,8)20-22;1-25(2)17-21(18-26(3,4)29-25)33-23(31)15-13-11-9-10-12-14-16-24(32)34-22-19-27(5,6)30-28(7,8)20-22;1-19(2)11-15(12-20(3,4)23(19)27)29-17(25)9-10-18(26)30-16-13-21(5,6)24(28)22(7,8)14-16/h22-24,31-32H,10-21H2,1-9H3;21-22,33-34H,9-20H2,1-8H3;21-22,29-30H,9-20H2,1-8H3;15-16,27-28H,9-14H2,1-8H3. The number of carbonyl (C=O) groups is 8. The van der Waals surface area contributed by atoms with Crippen molar-refractivity contribution >= 4 is 47.8 Å². The van der Waals surface area contributed by atoms with Gasteiger partial charge in [0.15, 0.2) is 0 Å². The number of nitrogens with one attached hydrogen (secondary N) is 4. The largest absolute Gasteiger partial charge is 0.462 e. The van der Waals surface area contributed by atoms with Crippen molar-refractivity contribution < 1.29 is 97.1 Å². The number of hydroxylamine groups is 8. The van der Waals surface area contributed by atoms with Crippen LogP contribution in [0.15, 0.2) is 0 Å². The van der Waals surface area contributed by atoms with Crippen molar-refractivity contribution in [3.63, 3.8) is 0 Å².